The van der Waals surface area contributed by atoms with Crippen LogP contribution >= 0.6 is 0 Å². The number of carbonyl (C=O) groups is 1. The predicted molar refractivity (Wildman–Crippen MR) is 114 cm³/mol. The van der Waals surface area contributed by atoms with Crippen molar-refractivity contribution in [1.29, 1.82) is 0 Å². The lowest BCUT2D eigenvalue weighted by Crippen LogP contribution is -2.47. The summed E-state index contributed by atoms with van der Waals surface area (Å²) in [6, 6.07) is 11.6. The number of carbonyl (C=O) groups excluding carboxylic acids is 1. The van der Waals surface area contributed by atoms with E-state index in [2.05, 4.69) is 5.32 Å². The molecule has 0 saturated heterocycles. The molecule has 152 valence electrons. The van der Waals surface area contributed by atoms with Crippen LogP contribution in [0.5, 0.6) is 5.75 Å². The molecular formula is C21H28N2O4S. The molecule has 0 aliphatic carbocycles. The number of aryl methyl sites for hydroxylation is 2. The fourth-order valence-electron chi connectivity index (χ4n) is 3.19. The highest BCUT2D eigenvalue weighted by Gasteiger charge is 2.31. The average molecular weight is 405 g/mol. The van der Waals surface area contributed by atoms with E-state index < -0.39 is 16.1 Å². The SMILES string of the molecule is CCOc1ccc(N([C@@H](CC)C(=O)Nc2cc(C)cc(C)c2)S(C)(=O)=O)cc1. The molecule has 0 spiro atoms. The maximum atomic E-state index is 13.0. The van der Waals surface area contributed by atoms with Gasteiger partial charge in [0, 0.05) is 5.69 Å². The highest BCUT2D eigenvalue weighted by Crippen LogP contribution is 2.26. The summed E-state index contributed by atoms with van der Waals surface area (Å²) in [6.07, 6.45) is 1.44. The normalized spacial score (nSPS) is 12.3. The zero-order valence-electron chi connectivity index (χ0n) is 17.0. The molecule has 1 atom stereocenters. The summed E-state index contributed by atoms with van der Waals surface area (Å²) in [6.45, 7) is 8.08. The topological polar surface area (TPSA) is 75.7 Å². The van der Waals surface area contributed by atoms with Crippen molar-refractivity contribution in [2.24, 2.45) is 0 Å². The second-order valence-corrected chi connectivity index (χ2v) is 8.63. The Balaban J connectivity index is 2.35. The standard InChI is InChI=1S/C21H28N2O4S/c1-6-20(21(24)22-17-13-15(3)12-16(4)14-17)23(28(5,25)26)18-8-10-19(11-9-18)27-7-2/h8-14,20H,6-7H2,1-5H3,(H,22,24)/t20-/m0/s1. The van der Waals surface area contributed by atoms with Crippen LogP contribution in [0.15, 0.2) is 42.5 Å². The second kappa shape index (κ2) is 9.10. The molecule has 7 heteroatoms. The molecule has 0 bridgehead atoms. The molecule has 0 radical (unpaired) electrons. The Bertz CT molecular complexity index is 904. The molecule has 1 N–H and O–H groups in total. The van der Waals surface area contributed by atoms with Crippen LogP contribution < -0.4 is 14.4 Å². The molecule has 2 aromatic rings. The molecule has 0 aromatic heterocycles. The quantitative estimate of drug-likeness (QED) is 0.724. The number of nitrogens with zero attached hydrogens (tertiary/aromatic N) is 1. The van der Waals surface area contributed by atoms with Crippen molar-refractivity contribution in [2.75, 3.05) is 22.5 Å². The van der Waals surface area contributed by atoms with Crippen molar-refractivity contribution in [3.05, 3.63) is 53.6 Å². The number of rotatable bonds is 8. The van der Waals surface area contributed by atoms with Crippen LogP contribution in [0.3, 0.4) is 0 Å². The van der Waals surface area contributed by atoms with Gasteiger partial charge in [-0.05, 0) is 74.7 Å². The zero-order valence-corrected chi connectivity index (χ0v) is 17.8. The fraction of sp³-hybridized carbons (Fsp3) is 0.381. The van der Waals surface area contributed by atoms with Crippen LogP contribution in [0.4, 0.5) is 11.4 Å². The Labute approximate surface area is 167 Å². The fourth-order valence-corrected chi connectivity index (χ4v) is 4.40. The first-order chi connectivity index (χ1) is 13.2. The minimum Gasteiger partial charge on any atom is -0.494 e. The third-order valence-corrected chi connectivity index (χ3v) is 5.40. The van der Waals surface area contributed by atoms with Gasteiger partial charge >= 0.3 is 0 Å². The summed E-state index contributed by atoms with van der Waals surface area (Å²) in [5, 5.41) is 2.86. The molecule has 0 aliphatic heterocycles. The van der Waals surface area contributed by atoms with Gasteiger partial charge in [-0.25, -0.2) is 8.42 Å². The summed E-state index contributed by atoms with van der Waals surface area (Å²) in [5.74, 6) is 0.277. The third kappa shape index (κ3) is 5.48. The minimum atomic E-state index is -3.68. The van der Waals surface area contributed by atoms with Crippen LogP contribution in [-0.2, 0) is 14.8 Å². The van der Waals surface area contributed by atoms with E-state index in [0.29, 0.717) is 30.2 Å². The first kappa shape index (κ1) is 21.8. The highest BCUT2D eigenvalue weighted by atomic mass is 32.2. The number of nitrogens with one attached hydrogen (secondary N) is 1. The van der Waals surface area contributed by atoms with Gasteiger partial charge in [-0.1, -0.05) is 13.0 Å². The summed E-state index contributed by atoms with van der Waals surface area (Å²) < 4.78 is 31.6. The lowest BCUT2D eigenvalue weighted by Gasteiger charge is -2.30. The lowest BCUT2D eigenvalue weighted by atomic mass is 10.1. The Morgan fingerprint density at radius 1 is 1.07 bits per heavy atom. The number of hydrogen-bond acceptors (Lipinski definition) is 4. The van der Waals surface area contributed by atoms with E-state index in [9.17, 15) is 13.2 Å². The Hall–Kier alpha value is -2.54. The number of ether oxygens (including phenoxy) is 1. The van der Waals surface area contributed by atoms with Gasteiger partial charge in [-0.3, -0.25) is 9.10 Å². The number of amides is 1. The molecule has 1 amide bonds. The highest BCUT2D eigenvalue weighted by molar-refractivity contribution is 7.92. The second-order valence-electron chi connectivity index (χ2n) is 6.78. The molecule has 2 aromatic carbocycles. The Morgan fingerprint density at radius 3 is 2.11 bits per heavy atom. The zero-order chi connectivity index (χ0) is 20.9. The van der Waals surface area contributed by atoms with Gasteiger partial charge in [-0.15, -0.1) is 0 Å². The van der Waals surface area contributed by atoms with Crippen molar-refractivity contribution in [3.8, 4) is 5.75 Å². The van der Waals surface area contributed by atoms with Crippen molar-refractivity contribution in [3.63, 3.8) is 0 Å². The molecular weight excluding hydrogens is 376 g/mol. The van der Waals surface area contributed by atoms with Gasteiger partial charge in [0.1, 0.15) is 11.8 Å². The lowest BCUT2D eigenvalue weighted by molar-refractivity contribution is -0.117. The van der Waals surface area contributed by atoms with E-state index in [1.807, 2.05) is 39.0 Å². The van der Waals surface area contributed by atoms with Crippen molar-refractivity contribution < 1.29 is 17.9 Å². The van der Waals surface area contributed by atoms with Crippen LogP contribution in [0.2, 0.25) is 0 Å². The summed E-state index contributed by atoms with van der Waals surface area (Å²) in [4.78, 5) is 13.0. The minimum absolute atomic E-state index is 0.330. The molecule has 28 heavy (non-hydrogen) atoms. The van der Waals surface area contributed by atoms with E-state index in [1.165, 1.54) is 4.31 Å². The van der Waals surface area contributed by atoms with Crippen LogP contribution in [-0.4, -0.2) is 33.2 Å². The average Bonchev–Trinajstić information content (AvgIpc) is 2.58. The first-order valence-corrected chi connectivity index (χ1v) is 11.1. The molecule has 0 unspecified atom stereocenters. The molecule has 0 saturated carbocycles. The summed E-state index contributed by atoms with van der Waals surface area (Å²) in [7, 11) is -3.68. The van der Waals surface area contributed by atoms with E-state index in [-0.39, 0.29) is 5.91 Å². The molecule has 0 heterocycles. The van der Waals surface area contributed by atoms with Crippen LogP contribution in [0.25, 0.3) is 0 Å². The van der Waals surface area contributed by atoms with Crippen molar-refractivity contribution >= 4 is 27.3 Å². The van der Waals surface area contributed by atoms with Gasteiger partial charge in [0.2, 0.25) is 15.9 Å². The molecule has 6 nitrogen and oxygen atoms in total. The predicted octanol–water partition coefficient (Wildman–Crippen LogP) is 3.89. The maximum absolute atomic E-state index is 13.0. The summed E-state index contributed by atoms with van der Waals surface area (Å²) in [5.41, 5.74) is 3.12. The van der Waals surface area contributed by atoms with E-state index in [4.69, 9.17) is 4.74 Å². The van der Waals surface area contributed by atoms with Gasteiger partial charge in [-0.2, -0.15) is 0 Å². The van der Waals surface area contributed by atoms with Crippen LogP contribution in [0.1, 0.15) is 31.4 Å². The number of benzene rings is 2. The Morgan fingerprint density at radius 2 is 1.64 bits per heavy atom. The number of sulfonamides is 1. The first-order valence-electron chi connectivity index (χ1n) is 9.27. The van der Waals surface area contributed by atoms with E-state index in [1.54, 1.807) is 31.2 Å². The van der Waals surface area contributed by atoms with Gasteiger partial charge in [0.15, 0.2) is 0 Å². The van der Waals surface area contributed by atoms with E-state index in [0.717, 1.165) is 17.4 Å². The van der Waals surface area contributed by atoms with Crippen molar-refractivity contribution in [1.82, 2.24) is 0 Å². The smallest absolute Gasteiger partial charge is 0.248 e. The van der Waals surface area contributed by atoms with Crippen molar-refractivity contribution in [2.45, 2.75) is 40.2 Å². The molecule has 0 fully saturated rings. The molecule has 2 rings (SSSR count). The molecule has 0 aliphatic rings. The van der Waals surface area contributed by atoms with Gasteiger partial charge in [0.25, 0.3) is 0 Å². The van der Waals surface area contributed by atoms with Crippen LogP contribution in [0, 0.1) is 13.8 Å². The van der Waals surface area contributed by atoms with E-state index >= 15 is 0 Å². The number of hydrogen-bond donors (Lipinski definition) is 1. The largest absolute Gasteiger partial charge is 0.494 e. The number of anilines is 2. The maximum Gasteiger partial charge on any atom is 0.248 e. The third-order valence-electron chi connectivity index (χ3n) is 4.22. The van der Waals surface area contributed by atoms with Gasteiger partial charge < -0.3 is 10.1 Å². The summed E-state index contributed by atoms with van der Waals surface area (Å²) >= 11 is 0. The monoisotopic (exact) mass is 404 g/mol. The Kier molecular flexibility index (Phi) is 7.07. The van der Waals surface area contributed by atoms with Gasteiger partial charge in [0.05, 0.1) is 18.6 Å².